The predicted molar refractivity (Wildman–Crippen MR) is 77.3 cm³/mol. The number of benzene rings is 1. The van der Waals surface area contributed by atoms with Crippen LogP contribution in [0, 0.1) is 10.1 Å². The van der Waals surface area contributed by atoms with Crippen molar-refractivity contribution < 1.29 is 9.34 Å². The van der Waals surface area contributed by atoms with Crippen LogP contribution in [0.4, 0.5) is 5.69 Å². The van der Waals surface area contributed by atoms with E-state index in [-0.39, 0.29) is 5.69 Å². The summed E-state index contributed by atoms with van der Waals surface area (Å²) in [5, 5.41) is 10.8. The second-order valence-corrected chi connectivity index (χ2v) is 4.56. The van der Waals surface area contributed by atoms with E-state index in [1.165, 1.54) is 12.1 Å². The Morgan fingerprint density at radius 3 is 2.85 bits per heavy atom. The number of hydrogen-bond donors (Lipinski definition) is 0. The van der Waals surface area contributed by atoms with Gasteiger partial charge in [0.25, 0.3) is 5.69 Å². The molecule has 1 atom stereocenters. The fourth-order valence-electron chi connectivity index (χ4n) is 1.85. The lowest BCUT2D eigenvalue weighted by Gasteiger charge is -1.94. The first-order valence-corrected chi connectivity index (χ1v) is 6.70. The van der Waals surface area contributed by atoms with Gasteiger partial charge in [0.15, 0.2) is 11.2 Å². The zero-order valence-electron chi connectivity index (χ0n) is 10.3. The number of oxazole rings is 1. The predicted octanol–water partition coefficient (Wildman–Crippen LogP) is 3.17. The average Bonchev–Trinajstić information content (AvgIpc) is 2.90. The van der Waals surface area contributed by atoms with E-state index in [1.54, 1.807) is 18.2 Å². The van der Waals surface area contributed by atoms with Gasteiger partial charge >= 0.3 is 0 Å². The van der Waals surface area contributed by atoms with Crippen LogP contribution in [0.1, 0.15) is 5.69 Å². The molecule has 2 heterocycles. The minimum atomic E-state index is -0.448. The molecule has 0 saturated carbocycles. The molecule has 0 aliphatic heterocycles. The van der Waals surface area contributed by atoms with Crippen molar-refractivity contribution in [2.24, 2.45) is 0 Å². The van der Waals surface area contributed by atoms with E-state index in [0.717, 1.165) is 11.9 Å². The van der Waals surface area contributed by atoms with Crippen molar-refractivity contribution in [2.75, 3.05) is 0 Å². The van der Waals surface area contributed by atoms with E-state index in [0.29, 0.717) is 22.7 Å². The molecule has 100 valence electrons. The number of nitrogens with zero attached hydrogens (tertiary/aromatic N) is 3. The maximum Gasteiger partial charge on any atom is 0.270 e. The maximum atomic E-state index is 10.8. The summed E-state index contributed by atoms with van der Waals surface area (Å²) in [4.78, 5) is 19.0. The summed E-state index contributed by atoms with van der Waals surface area (Å²) in [7, 11) is 2.59. The Balaban J connectivity index is 2.10. The molecule has 0 fully saturated rings. The molecule has 7 heteroatoms. The monoisotopic (exact) mass is 287 g/mol. The minimum absolute atomic E-state index is 0.00311. The van der Waals surface area contributed by atoms with E-state index < -0.39 is 4.92 Å². The summed E-state index contributed by atoms with van der Waals surface area (Å²) in [6.07, 6.45) is 0.731. The third-order valence-corrected chi connectivity index (χ3v) is 3.24. The van der Waals surface area contributed by atoms with Gasteiger partial charge in [-0.05, 0) is 18.2 Å². The fraction of sp³-hybridized carbons (Fsp3) is 0.0769. The molecule has 0 bridgehead atoms. The van der Waals surface area contributed by atoms with Crippen molar-refractivity contribution in [2.45, 2.75) is 6.16 Å². The number of rotatable bonds is 3. The highest BCUT2D eigenvalue weighted by Gasteiger charge is 2.13. The van der Waals surface area contributed by atoms with E-state index in [1.807, 2.05) is 6.07 Å². The highest BCUT2D eigenvalue weighted by molar-refractivity contribution is 7.15. The third kappa shape index (κ3) is 2.26. The van der Waals surface area contributed by atoms with Crippen molar-refractivity contribution in [3.63, 3.8) is 0 Å². The van der Waals surface area contributed by atoms with Crippen LogP contribution in [0.3, 0.4) is 0 Å². The zero-order chi connectivity index (χ0) is 14.1. The Morgan fingerprint density at radius 2 is 2.10 bits per heavy atom. The molecule has 0 aliphatic carbocycles. The van der Waals surface area contributed by atoms with Crippen LogP contribution >= 0.6 is 9.24 Å². The SMILES string of the molecule is O=[N+]([O-])c1cccc(-c2nc3nc(CP)ccc3o2)c1. The van der Waals surface area contributed by atoms with Crippen LogP contribution < -0.4 is 0 Å². The first-order valence-electron chi connectivity index (χ1n) is 5.89. The molecule has 0 spiro atoms. The zero-order valence-corrected chi connectivity index (χ0v) is 11.5. The Bertz CT molecular complexity index is 800. The van der Waals surface area contributed by atoms with Gasteiger partial charge < -0.3 is 4.42 Å². The first kappa shape index (κ1) is 12.7. The van der Waals surface area contributed by atoms with Gasteiger partial charge in [-0.3, -0.25) is 10.1 Å². The molecule has 6 nitrogen and oxygen atoms in total. The topological polar surface area (TPSA) is 82.1 Å². The number of hydrogen-bond acceptors (Lipinski definition) is 5. The number of nitro benzene ring substituents is 1. The van der Waals surface area contributed by atoms with Gasteiger partial charge in [-0.15, -0.1) is 9.24 Å². The Hall–Kier alpha value is -2.33. The quantitative estimate of drug-likeness (QED) is 0.420. The number of nitro groups is 1. The summed E-state index contributed by atoms with van der Waals surface area (Å²) in [5.74, 6) is 0.331. The molecule has 2 aromatic heterocycles. The van der Waals surface area contributed by atoms with E-state index in [2.05, 4.69) is 19.2 Å². The van der Waals surface area contributed by atoms with Crippen LogP contribution in [0.5, 0.6) is 0 Å². The van der Waals surface area contributed by atoms with Crippen LogP contribution in [-0.4, -0.2) is 14.9 Å². The maximum absolute atomic E-state index is 10.8. The van der Waals surface area contributed by atoms with Crippen molar-refractivity contribution in [3.8, 4) is 11.5 Å². The van der Waals surface area contributed by atoms with Gasteiger partial charge in [0, 0.05) is 29.6 Å². The van der Waals surface area contributed by atoms with Gasteiger partial charge in [0.2, 0.25) is 5.89 Å². The number of pyridine rings is 1. The Labute approximate surface area is 116 Å². The third-order valence-electron chi connectivity index (χ3n) is 2.82. The fourth-order valence-corrected chi connectivity index (χ4v) is 2.07. The summed E-state index contributed by atoms with van der Waals surface area (Å²) in [6, 6.07) is 9.84. The number of non-ortho nitro benzene ring substituents is 1. The molecule has 3 rings (SSSR count). The van der Waals surface area contributed by atoms with Crippen molar-refractivity contribution in [1.29, 1.82) is 0 Å². The van der Waals surface area contributed by atoms with Gasteiger partial charge in [-0.2, -0.15) is 4.98 Å². The van der Waals surface area contributed by atoms with Gasteiger partial charge in [-0.1, -0.05) is 6.07 Å². The van der Waals surface area contributed by atoms with E-state index in [9.17, 15) is 10.1 Å². The average molecular weight is 287 g/mol. The molecule has 3 aromatic rings. The molecule has 0 amide bonds. The minimum Gasteiger partial charge on any atom is -0.434 e. The lowest BCUT2D eigenvalue weighted by Crippen LogP contribution is -1.88. The van der Waals surface area contributed by atoms with Crippen LogP contribution in [0.15, 0.2) is 40.8 Å². The lowest BCUT2D eigenvalue weighted by molar-refractivity contribution is -0.384. The van der Waals surface area contributed by atoms with Crippen LogP contribution in [0.2, 0.25) is 0 Å². The second kappa shape index (κ2) is 4.98. The van der Waals surface area contributed by atoms with Crippen molar-refractivity contribution in [3.05, 3.63) is 52.2 Å². The summed E-state index contributed by atoms with van der Waals surface area (Å²) in [5.41, 5.74) is 2.52. The normalized spacial score (nSPS) is 10.8. The largest absolute Gasteiger partial charge is 0.434 e. The molecular formula is C13H10N3O3P. The molecule has 0 radical (unpaired) electrons. The molecule has 0 aliphatic rings. The van der Waals surface area contributed by atoms with Crippen molar-refractivity contribution >= 4 is 26.2 Å². The van der Waals surface area contributed by atoms with Crippen molar-refractivity contribution in [1.82, 2.24) is 9.97 Å². The van der Waals surface area contributed by atoms with E-state index in [4.69, 9.17) is 4.42 Å². The van der Waals surface area contributed by atoms with Crippen LogP contribution in [0.25, 0.3) is 22.7 Å². The molecule has 1 unspecified atom stereocenters. The number of fused-ring (bicyclic) bond motifs is 1. The summed E-state index contributed by atoms with van der Waals surface area (Å²) < 4.78 is 5.59. The molecule has 1 aromatic carbocycles. The van der Waals surface area contributed by atoms with Gasteiger partial charge in [-0.25, -0.2) is 4.98 Å². The molecule has 20 heavy (non-hydrogen) atoms. The van der Waals surface area contributed by atoms with Crippen LogP contribution in [-0.2, 0) is 6.16 Å². The van der Waals surface area contributed by atoms with E-state index >= 15 is 0 Å². The second-order valence-electron chi connectivity index (χ2n) is 4.15. The number of aromatic nitrogens is 2. The standard InChI is InChI=1S/C13H10N3O3P/c17-16(18)10-3-1-2-8(6-10)13-15-12-11(19-13)5-4-9(7-20)14-12/h1-6H,7,20H2. The lowest BCUT2D eigenvalue weighted by atomic mass is 10.2. The first-order chi connectivity index (χ1) is 9.67. The van der Waals surface area contributed by atoms with Gasteiger partial charge in [0.1, 0.15) is 0 Å². The summed E-state index contributed by atoms with van der Waals surface area (Å²) in [6.45, 7) is 0. The molecular weight excluding hydrogens is 277 g/mol. The highest BCUT2D eigenvalue weighted by atomic mass is 31.0. The smallest absolute Gasteiger partial charge is 0.270 e. The summed E-state index contributed by atoms with van der Waals surface area (Å²) >= 11 is 0. The Morgan fingerprint density at radius 1 is 1.25 bits per heavy atom. The highest BCUT2D eigenvalue weighted by Crippen LogP contribution is 2.26. The Kier molecular flexibility index (Phi) is 3.16. The molecule has 0 N–H and O–H groups in total. The van der Waals surface area contributed by atoms with Gasteiger partial charge in [0.05, 0.1) is 4.92 Å². The molecule has 0 saturated heterocycles.